The molecule has 3 aromatic rings. The van der Waals surface area contributed by atoms with E-state index in [0.29, 0.717) is 10.9 Å². The summed E-state index contributed by atoms with van der Waals surface area (Å²) in [5.74, 6) is -0.914. The quantitative estimate of drug-likeness (QED) is 0.676. The highest BCUT2D eigenvalue weighted by atomic mass is 35.5. The number of pyridine rings is 1. The molecular weight excluding hydrogens is 368 g/mol. The molecule has 1 aromatic heterocycles. The van der Waals surface area contributed by atoms with E-state index in [1.807, 2.05) is 0 Å². The Balaban J connectivity index is 1.86. The van der Waals surface area contributed by atoms with Crippen LogP contribution in [0.3, 0.4) is 0 Å². The van der Waals surface area contributed by atoms with Gasteiger partial charge in [-0.3, -0.25) is 4.79 Å². The second-order valence-corrected chi connectivity index (χ2v) is 5.74. The molecular formula is C18H12ClF2NO4. The van der Waals surface area contributed by atoms with E-state index in [-0.39, 0.29) is 28.5 Å². The molecule has 26 heavy (non-hydrogen) atoms. The molecule has 1 heterocycles. The summed E-state index contributed by atoms with van der Waals surface area (Å²) in [6.07, 6.45) is 0. The molecule has 2 aromatic carbocycles. The van der Waals surface area contributed by atoms with Crippen molar-refractivity contribution in [2.24, 2.45) is 0 Å². The van der Waals surface area contributed by atoms with Crippen molar-refractivity contribution in [2.45, 2.75) is 13.2 Å². The van der Waals surface area contributed by atoms with Gasteiger partial charge in [0.2, 0.25) is 5.56 Å². The van der Waals surface area contributed by atoms with Crippen LogP contribution < -0.4 is 10.3 Å². The van der Waals surface area contributed by atoms with E-state index in [0.717, 1.165) is 6.07 Å². The lowest BCUT2D eigenvalue weighted by molar-refractivity contribution is -0.0510. The van der Waals surface area contributed by atoms with Crippen LogP contribution in [0.4, 0.5) is 8.78 Å². The largest absolute Gasteiger partial charge is 0.457 e. The van der Waals surface area contributed by atoms with Crippen LogP contribution >= 0.6 is 11.6 Å². The molecule has 3 rings (SSSR count). The van der Waals surface area contributed by atoms with Gasteiger partial charge in [0.25, 0.3) is 0 Å². The molecule has 0 unspecified atom stereocenters. The van der Waals surface area contributed by atoms with Gasteiger partial charge in [0.05, 0.1) is 5.56 Å². The third kappa shape index (κ3) is 4.00. The zero-order valence-corrected chi connectivity index (χ0v) is 13.9. The predicted octanol–water partition coefficient (Wildman–Crippen LogP) is 4.14. The Hall–Kier alpha value is -2.93. The lowest BCUT2D eigenvalue weighted by Gasteiger charge is -2.12. The molecule has 0 radical (unpaired) electrons. The number of halogens is 3. The summed E-state index contributed by atoms with van der Waals surface area (Å²) in [6.45, 7) is -3.37. The molecule has 0 aliphatic heterocycles. The van der Waals surface area contributed by atoms with Gasteiger partial charge in [-0.2, -0.15) is 8.78 Å². The molecule has 0 amide bonds. The number of ether oxygens (including phenoxy) is 2. The van der Waals surface area contributed by atoms with Crippen LogP contribution in [-0.2, 0) is 11.3 Å². The number of nitrogens with one attached hydrogen (secondary N) is 1. The average Bonchev–Trinajstić information content (AvgIpc) is 2.60. The predicted molar refractivity (Wildman–Crippen MR) is 91.8 cm³/mol. The van der Waals surface area contributed by atoms with Crippen LogP contribution in [0.1, 0.15) is 15.9 Å². The number of hydrogen-bond acceptors (Lipinski definition) is 4. The Morgan fingerprint density at radius 2 is 1.92 bits per heavy atom. The molecule has 134 valence electrons. The molecule has 0 saturated carbocycles. The fourth-order valence-electron chi connectivity index (χ4n) is 2.47. The Kier molecular flexibility index (Phi) is 5.18. The number of para-hydroxylation sites is 1. The Morgan fingerprint density at radius 3 is 2.69 bits per heavy atom. The molecule has 0 saturated heterocycles. The molecule has 0 spiro atoms. The van der Waals surface area contributed by atoms with Crippen molar-refractivity contribution in [1.82, 2.24) is 4.98 Å². The van der Waals surface area contributed by atoms with Gasteiger partial charge in [0.15, 0.2) is 0 Å². The third-order valence-electron chi connectivity index (χ3n) is 3.57. The van der Waals surface area contributed by atoms with Crippen molar-refractivity contribution < 1.29 is 23.0 Å². The minimum Gasteiger partial charge on any atom is -0.457 e. The minimum atomic E-state index is -3.03. The number of benzene rings is 2. The maximum atomic E-state index is 12.5. The second kappa shape index (κ2) is 7.53. The third-order valence-corrected chi connectivity index (χ3v) is 3.80. The van der Waals surface area contributed by atoms with E-state index in [1.165, 1.54) is 18.2 Å². The van der Waals surface area contributed by atoms with Crippen molar-refractivity contribution in [1.29, 1.82) is 0 Å². The van der Waals surface area contributed by atoms with Crippen molar-refractivity contribution in [2.75, 3.05) is 0 Å². The van der Waals surface area contributed by atoms with E-state index in [2.05, 4.69) is 9.72 Å². The van der Waals surface area contributed by atoms with E-state index in [1.54, 1.807) is 24.3 Å². The van der Waals surface area contributed by atoms with E-state index in [4.69, 9.17) is 16.3 Å². The van der Waals surface area contributed by atoms with Crippen molar-refractivity contribution >= 4 is 28.5 Å². The number of aromatic nitrogens is 1. The fraction of sp³-hybridized carbons (Fsp3) is 0.111. The topological polar surface area (TPSA) is 68.4 Å². The zero-order chi connectivity index (χ0) is 18.7. The van der Waals surface area contributed by atoms with Gasteiger partial charge < -0.3 is 14.5 Å². The van der Waals surface area contributed by atoms with Gasteiger partial charge in [-0.15, -0.1) is 0 Å². The number of rotatable bonds is 5. The van der Waals surface area contributed by atoms with E-state index >= 15 is 0 Å². The number of fused-ring (bicyclic) bond motifs is 1. The fourth-order valence-corrected chi connectivity index (χ4v) is 2.66. The Bertz CT molecular complexity index is 1020. The van der Waals surface area contributed by atoms with E-state index < -0.39 is 18.1 Å². The number of alkyl halides is 2. The summed E-state index contributed by atoms with van der Waals surface area (Å²) in [7, 11) is 0. The summed E-state index contributed by atoms with van der Waals surface area (Å²) in [5, 5.41) is 0.784. The van der Waals surface area contributed by atoms with Crippen LogP contribution in [0.25, 0.3) is 10.9 Å². The van der Waals surface area contributed by atoms with Gasteiger partial charge in [0, 0.05) is 27.6 Å². The SMILES string of the molecule is O=C(OCc1cc(Cl)ccc1OC(F)F)c1cc(=O)[nH]c2ccccc12. The molecule has 1 N–H and O–H groups in total. The molecule has 0 aliphatic rings. The molecule has 0 fully saturated rings. The minimum absolute atomic E-state index is 0.0720. The second-order valence-electron chi connectivity index (χ2n) is 5.30. The maximum absolute atomic E-state index is 12.5. The number of aromatic amines is 1. The van der Waals surface area contributed by atoms with Gasteiger partial charge in [0.1, 0.15) is 12.4 Å². The number of hydrogen-bond donors (Lipinski definition) is 1. The molecule has 8 heteroatoms. The molecule has 0 atom stereocenters. The summed E-state index contributed by atoms with van der Waals surface area (Å²) >= 11 is 5.86. The van der Waals surface area contributed by atoms with Crippen LogP contribution in [0.5, 0.6) is 5.75 Å². The van der Waals surface area contributed by atoms with Crippen LogP contribution in [0, 0.1) is 0 Å². The molecule has 0 aliphatic carbocycles. The Morgan fingerprint density at radius 1 is 1.15 bits per heavy atom. The van der Waals surface area contributed by atoms with Crippen molar-refractivity contribution in [3.8, 4) is 5.75 Å². The van der Waals surface area contributed by atoms with Crippen LogP contribution in [-0.4, -0.2) is 17.6 Å². The highest BCUT2D eigenvalue weighted by Gasteiger charge is 2.16. The van der Waals surface area contributed by atoms with E-state index in [9.17, 15) is 18.4 Å². The lowest BCUT2D eigenvalue weighted by Crippen LogP contribution is -2.13. The highest BCUT2D eigenvalue weighted by Crippen LogP contribution is 2.26. The first-order chi connectivity index (χ1) is 12.4. The van der Waals surface area contributed by atoms with Gasteiger partial charge in [-0.25, -0.2) is 4.79 Å². The van der Waals surface area contributed by atoms with Gasteiger partial charge >= 0.3 is 12.6 Å². The molecule has 0 bridgehead atoms. The van der Waals surface area contributed by atoms with Crippen molar-refractivity contribution in [3.05, 3.63) is 75.0 Å². The number of carbonyl (C=O) groups is 1. The number of H-pyrrole nitrogens is 1. The monoisotopic (exact) mass is 379 g/mol. The summed E-state index contributed by atoms with van der Waals surface area (Å²) in [4.78, 5) is 26.7. The van der Waals surface area contributed by atoms with Crippen LogP contribution in [0.15, 0.2) is 53.3 Å². The first kappa shape index (κ1) is 17.9. The summed E-state index contributed by atoms with van der Waals surface area (Å²) in [5.41, 5.74) is 0.277. The zero-order valence-electron chi connectivity index (χ0n) is 13.2. The van der Waals surface area contributed by atoms with Crippen molar-refractivity contribution in [3.63, 3.8) is 0 Å². The lowest BCUT2D eigenvalue weighted by atomic mass is 10.1. The normalized spacial score (nSPS) is 10.9. The number of carbonyl (C=O) groups excluding carboxylic acids is 1. The molecule has 5 nitrogen and oxygen atoms in total. The van der Waals surface area contributed by atoms with Gasteiger partial charge in [-0.1, -0.05) is 29.8 Å². The van der Waals surface area contributed by atoms with Crippen LogP contribution in [0.2, 0.25) is 5.02 Å². The highest BCUT2D eigenvalue weighted by molar-refractivity contribution is 6.30. The number of esters is 1. The summed E-state index contributed by atoms with van der Waals surface area (Å²) < 4.78 is 34.5. The average molecular weight is 380 g/mol. The Labute approximate surface area is 151 Å². The van der Waals surface area contributed by atoms with Gasteiger partial charge in [-0.05, 0) is 24.3 Å². The summed E-state index contributed by atoms with van der Waals surface area (Å²) in [6, 6.07) is 11.9. The first-order valence-corrected chi connectivity index (χ1v) is 7.84. The maximum Gasteiger partial charge on any atom is 0.387 e. The standard InChI is InChI=1S/C18H12ClF2NO4/c19-11-5-6-15(26-18(20)21)10(7-11)9-25-17(24)13-8-16(23)22-14-4-2-1-3-12(13)14/h1-8,18H,9H2,(H,22,23). The smallest absolute Gasteiger partial charge is 0.387 e. The first-order valence-electron chi connectivity index (χ1n) is 7.46.